The van der Waals surface area contributed by atoms with Crippen LogP contribution in [0.3, 0.4) is 0 Å². The average molecular weight is 556 g/mol. The van der Waals surface area contributed by atoms with E-state index < -0.39 is 34.1 Å². The highest BCUT2D eigenvalue weighted by atomic mass is 35.5. The lowest BCUT2D eigenvalue weighted by atomic mass is 10.1. The highest BCUT2D eigenvalue weighted by molar-refractivity contribution is 7.92. The van der Waals surface area contributed by atoms with Crippen LogP contribution in [-0.4, -0.2) is 43.3 Å². The summed E-state index contributed by atoms with van der Waals surface area (Å²) in [5.41, 5.74) is 1.72. The molecule has 0 radical (unpaired) electrons. The van der Waals surface area contributed by atoms with Crippen molar-refractivity contribution in [2.75, 3.05) is 10.8 Å². The monoisotopic (exact) mass is 555 g/mol. The largest absolute Gasteiger partial charge is 0.350 e. The zero-order valence-corrected chi connectivity index (χ0v) is 23.9. The minimum Gasteiger partial charge on any atom is -0.350 e. The predicted molar refractivity (Wildman–Crippen MR) is 152 cm³/mol. The number of nitrogens with zero attached hydrogens (tertiary/aromatic N) is 2. The molecule has 0 heterocycles. The summed E-state index contributed by atoms with van der Waals surface area (Å²) in [6.45, 7) is 8.84. The fourth-order valence-electron chi connectivity index (χ4n) is 3.80. The van der Waals surface area contributed by atoms with Gasteiger partial charge in [-0.1, -0.05) is 59.6 Å². The Morgan fingerprint density at radius 2 is 1.50 bits per heavy atom. The lowest BCUT2D eigenvalue weighted by Gasteiger charge is -2.33. The van der Waals surface area contributed by atoms with E-state index in [0.717, 1.165) is 15.4 Å². The number of amides is 2. The Hall–Kier alpha value is -3.36. The molecular formula is C29H34ClN3O4S. The minimum absolute atomic E-state index is 0.00200. The maximum atomic E-state index is 13.9. The highest BCUT2D eigenvalue weighted by Crippen LogP contribution is 2.25. The molecule has 0 spiro atoms. The molecule has 0 unspecified atom stereocenters. The summed E-state index contributed by atoms with van der Waals surface area (Å²) in [5, 5.41) is 3.32. The highest BCUT2D eigenvalue weighted by Gasteiger charge is 2.33. The van der Waals surface area contributed by atoms with Crippen molar-refractivity contribution in [3.05, 3.63) is 95.0 Å². The summed E-state index contributed by atoms with van der Waals surface area (Å²) in [6.07, 6.45) is 0. The number of para-hydroxylation sites is 1. The van der Waals surface area contributed by atoms with E-state index >= 15 is 0 Å². The van der Waals surface area contributed by atoms with Crippen LogP contribution in [0.5, 0.6) is 0 Å². The maximum absolute atomic E-state index is 13.9. The lowest BCUT2D eigenvalue weighted by molar-refractivity contribution is -0.140. The molecule has 3 aromatic carbocycles. The van der Waals surface area contributed by atoms with Gasteiger partial charge in [-0.3, -0.25) is 13.9 Å². The number of carbonyl (C=O) groups excluding carboxylic acids is 2. The molecule has 1 atom stereocenters. The first-order chi connectivity index (χ1) is 17.8. The molecule has 3 rings (SSSR count). The van der Waals surface area contributed by atoms with Gasteiger partial charge in [0.05, 0.1) is 10.6 Å². The number of anilines is 1. The maximum Gasteiger partial charge on any atom is 0.264 e. The smallest absolute Gasteiger partial charge is 0.264 e. The zero-order valence-electron chi connectivity index (χ0n) is 22.3. The van der Waals surface area contributed by atoms with Crippen molar-refractivity contribution in [3.63, 3.8) is 0 Å². The fraction of sp³-hybridized carbons (Fsp3) is 0.310. The molecular weight excluding hydrogens is 522 g/mol. The van der Waals surface area contributed by atoms with E-state index in [2.05, 4.69) is 5.32 Å². The molecule has 0 saturated heterocycles. The number of nitrogens with one attached hydrogen (secondary N) is 1. The fourth-order valence-corrected chi connectivity index (χ4v) is 5.34. The molecule has 0 aliphatic rings. The summed E-state index contributed by atoms with van der Waals surface area (Å²) < 4.78 is 28.5. The van der Waals surface area contributed by atoms with E-state index in [-0.39, 0.29) is 17.3 Å². The first-order valence-electron chi connectivity index (χ1n) is 12.3. The molecule has 2 amide bonds. The number of sulfonamides is 1. The molecule has 1 N–H and O–H groups in total. The first kappa shape index (κ1) is 29.2. The zero-order chi connectivity index (χ0) is 28.1. The standard InChI is InChI=1S/C29H34ClN3O4S/c1-21-11-13-23(14-12-21)19-32(22(2)28(35)31-29(3,4)5)27(34)20-33(25-9-7-6-8-10-25)38(36,37)26-17-15-24(30)16-18-26/h6-18,22H,19-20H2,1-5H3,(H,31,35)/t22-/m0/s1. The third-order valence-electron chi connectivity index (χ3n) is 5.86. The van der Waals surface area contributed by atoms with Crippen LogP contribution in [-0.2, 0) is 26.2 Å². The molecule has 0 aliphatic carbocycles. The van der Waals surface area contributed by atoms with Crippen molar-refractivity contribution < 1.29 is 18.0 Å². The number of halogens is 1. The van der Waals surface area contributed by atoms with Gasteiger partial charge in [0.1, 0.15) is 12.6 Å². The van der Waals surface area contributed by atoms with Crippen molar-refractivity contribution in [2.45, 2.75) is 57.6 Å². The van der Waals surface area contributed by atoms with Crippen molar-refractivity contribution in [2.24, 2.45) is 0 Å². The van der Waals surface area contributed by atoms with Gasteiger partial charge < -0.3 is 10.2 Å². The Kier molecular flexibility index (Phi) is 9.22. The van der Waals surface area contributed by atoms with Gasteiger partial charge >= 0.3 is 0 Å². The van der Waals surface area contributed by atoms with Crippen molar-refractivity contribution >= 4 is 39.1 Å². The molecule has 0 aliphatic heterocycles. The van der Waals surface area contributed by atoms with Gasteiger partial charge in [0.2, 0.25) is 11.8 Å². The lowest BCUT2D eigenvalue weighted by Crippen LogP contribution is -2.54. The van der Waals surface area contributed by atoms with E-state index in [4.69, 9.17) is 11.6 Å². The van der Waals surface area contributed by atoms with Crippen LogP contribution < -0.4 is 9.62 Å². The molecule has 38 heavy (non-hydrogen) atoms. The van der Waals surface area contributed by atoms with Crippen molar-refractivity contribution in [1.29, 1.82) is 0 Å². The Labute approximate surface area is 230 Å². The molecule has 0 aromatic heterocycles. The Bertz CT molecular complexity index is 1350. The van der Waals surface area contributed by atoms with Crippen LogP contribution in [0.1, 0.15) is 38.8 Å². The van der Waals surface area contributed by atoms with Crippen LogP contribution in [0.15, 0.2) is 83.8 Å². The third kappa shape index (κ3) is 7.58. The quantitative estimate of drug-likeness (QED) is 0.394. The number of hydrogen-bond donors (Lipinski definition) is 1. The molecule has 0 saturated carbocycles. The van der Waals surface area contributed by atoms with Crippen molar-refractivity contribution in [1.82, 2.24) is 10.2 Å². The van der Waals surface area contributed by atoms with Crippen molar-refractivity contribution in [3.8, 4) is 0 Å². The summed E-state index contributed by atoms with van der Waals surface area (Å²) in [6, 6.07) is 21.0. The summed E-state index contributed by atoms with van der Waals surface area (Å²) in [4.78, 5) is 28.4. The Balaban J connectivity index is 2.00. The van der Waals surface area contributed by atoms with Gasteiger partial charge in [-0.15, -0.1) is 0 Å². The summed E-state index contributed by atoms with van der Waals surface area (Å²) in [7, 11) is -4.13. The number of hydrogen-bond acceptors (Lipinski definition) is 4. The Morgan fingerprint density at radius 3 is 2.05 bits per heavy atom. The van der Waals surface area contributed by atoms with Gasteiger partial charge in [0.25, 0.3) is 10.0 Å². The van der Waals surface area contributed by atoms with Gasteiger partial charge in [-0.05, 0) is 76.6 Å². The van der Waals surface area contributed by atoms with Gasteiger partial charge in [0.15, 0.2) is 0 Å². The number of benzene rings is 3. The normalized spacial score (nSPS) is 12.5. The Morgan fingerprint density at radius 1 is 0.921 bits per heavy atom. The second-order valence-corrected chi connectivity index (χ2v) is 12.5. The van der Waals surface area contributed by atoms with Crippen LogP contribution in [0.25, 0.3) is 0 Å². The predicted octanol–water partition coefficient (Wildman–Crippen LogP) is 5.18. The number of rotatable bonds is 9. The summed E-state index contributed by atoms with van der Waals surface area (Å²) >= 11 is 5.97. The molecule has 0 bridgehead atoms. The van der Waals surface area contributed by atoms with E-state index in [1.165, 1.54) is 29.2 Å². The second kappa shape index (κ2) is 12.0. The number of carbonyl (C=O) groups is 2. The number of aryl methyl sites for hydroxylation is 1. The molecule has 0 fully saturated rings. The van der Waals surface area contributed by atoms with Gasteiger partial charge in [-0.2, -0.15) is 0 Å². The molecule has 7 nitrogen and oxygen atoms in total. The van der Waals surface area contributed by atoms with E-state index in [9.17, 15) is 18.0 Å². The van der Waals surface area contributed by atoms with Crippen LogP contribution in [0.2, 0.25) is 5.02 Å². The molecule has 3 aromatic rings. The van der Waals surface area contributed by atoms with E-state index in [0.29, 0.717) is 10.7 Å². The molecule has 9 heteroatoms. The topological polar surface area (TPSA) is 86.8 Å². The summed E-state index contributed by atoms with van der Waals surface area (Å²) in [5.74, 6) is -0.840. The molecule has 202 valence electrons. The van der Waals surface area contributed by atoms with E-state index in [1.54, 1.807) is 37.3 Å². The van der Waals surface area contributed by atoms with Crippen LogP contribution in [0.4, 0.5) is 5.69 Å². The first-order valence-corrected chi connectivity index (χ1v) is 14.1. The third-order valence-corrected chi connectivity index (χ3v) is 7.90. The van der Waals surface area contributed by atoms with Gasteiger partial charge in [-0.25, -0.2) is 8.42 Å². The van der Waals surface area contributed by atoms with Gasteiger partial charge in [0, 0.05) is 17.1 Å². The van der Waals surface area contributed by atoms with E-state index in [1.807, 2.05) is 52.0 Å². The average Bonchev–Trinajstić information content (AvgIpc) is 2.86. The second-order valence-electron chi connectivity index (χ2n) is 10.2. The van der Waals surface area contributed by atoms with Crippen LogP contribution in [0, 0.1) is 6.92 Å². The SMILES string of the molecule is Cc1ccc(CN(C(=O)CN(c2ccccc2)S(=O)(=O)c2ccc(Cl)cc2)[C@@H](C)C(=O)NC(C)(C)C)cc1. The minimum atomic E-state index is -4.13. The van der Waals surface area contributed by atoms with Crippen LogP contribution >= 0.6 is 11.6 Å².